The second-order valence-electron chi connectivity index (χ2n) is 3.33. The van der Waals surface area contributed by atoms with Crippen LogP contribution in [0.3, 0.4) is 0 Å². The van der Waals surface area contributed by atoms with E-state index in [2.05, 4.69) is 64.9 Å². The van der Waals surface area contributed by atoms with Crippen LogP contribution in [0.2, 0.25) is 0 Å². The van der Waals surface area contributed by atoms with Crippen LogP contribution >= 0.6 is 47.8 Å². The lowest BCUT2D eigenvalue weighted by Crippen LogP contribution is -2.04. The fourth-order valence-corrected chi connectivity index (χ4v) is 2.42. The third kappa shape index (κ3) is 3.26. The Bertz CT molecular complexity index is 476. The molecule has 4 heteroatoms. The van der Waals surface area contributed by atoms with Crippen molar-refractivity contribution in [3.8, 4) is 0 Å². The van der Waals surface area contributed by atoms with E-state index in [4.69, 9.17) is 0 Å². The average Bonchev–Trinajstić information content (AvgIpc) is 2.15. The van der Waals surface area contributed by atoms with Crippen LogP contribution in [0.15, 0.2) is 36.5 Å². The molecule has 2 rings (SSSR count). The molecular weight excluding hydrogens is 386 g/mol. The van der Waals surface area contributed by atoms with Gasteiger partial charge in [-0.25, -0.2) is 0 Å². The number of hydrogen-bond acceptors (Lipinski definition) is 1. The maximum absolute atomic E-state index is 4.40. The number of aromatic nitrogens is 1. The molecule has 0 radical (unpaired) electrons. The van der Waals surface area contributed by atoms with Crippen molar-refractivity contribution in [3.63, 3.8) is 0 Å². The van der Waals surface area contributed by atoms with E-state index in [1.807, 2.05) is 24.4 Å². The quantitative estimate of drug-likeness (QED) is 0.644. The summed E-state index contributed by atoms with van der Waals surface area (Å²) in [6, 6.07) is 10.3. The normalized spacial score (nSPS) is 11.9. The highest BCUT2D eigenvalue weighted by molar-refractivity contribution is 9.39. The molecule has 78 valence electrons. The lowest BCUT2D eigenvalue weighted by molar-refractivity contribution is 1.08. The molecule has 0 aliphatic rings. The maximum atomic E-state index is 4.40. The van der Waals surface area contributed by atoms with E-state index in [-0.39, 0.29) is 2.14 Å². The lowest BCUT2D eigenvalue weighted by Gasteiger charge is -2.11. The molecule has 1 aromatic carbocycles. The second kappa shape index (κ2) is 4.52. The van der Waals surface area contributed by atoms with Crippen LogP contribution in [-0.4, -0.2) is 7.13 Å². The molecule has 0 amide bonds. The number of nitrogens with zero attached hydrogens (tertiary/aromatic N) is 1. The Morgan fingerprint density at radius 1 is 1.13 bits per heavy atom. The zero-order valence-electron chi connectivity index (χ0n) is 7.75. The van der Waals surface area contributed by atoms with Gasteiger partial charge < -0.3 is 0 Å². The number of pyridine rings is 1. The van der Waals surface area contributed by atoms with Crippen molar-refractivity contribution in [1.82, 2.24) is 4.98 Å². The number of hydrogen-bond donors (Lipinski definition) is 0. The molecule has 2 aromatic rings. The minimum absolute atomic E-state index is 0.239. The molecule has 0 saturated carbocycles. The highest BCUT2D eigenvalue weighted by Gasteiger charge is 2.18. The van der Waals surface area contributed by atoms with Crippen LogP contribution < -0.4 is 0 Å². The van der Waals surface area contributed by atoms with E-state index >= 15 is 0 Å². The van der Waals surface area contributed by atoms with Gasteiger partial charge in [0.1, 0.15) is 2.14 Å². The van der Waals surface area contributed by atoms with Crippen molar-refractivity contribution in [2.75, 3.05) is 0 Å². The number of alkyl halides is 3. The minimum atomic E-state index is -0.239. The van der Waals surface area contributed by atoms with Crippen molar-refractivity contribution in [1.29, 1.82) is 0 Å². The lowest BCUT2D eigenvalue weighted by atomic mass is 10.1. The van der Waals surface area contributed by atoms with Crippen molar-refractivity contribution >= 4 is 58.7 Å². The molecule has 0 fully saturated rings. The average molecular weight is 394 g/mol. The van der Waals surface area contributed by atoms with Crippen molar-refractivity contribution in [3.05, 3.63) is 42.1 Å². The third-order valence-corrected chi connectivity index (χ3v) is 2.89. The molecule has 1 heterocycles. The van der Waals surface area contributed by atoms with Crippen LogP contribution in [0, 0.1) is 0 Å². The largest absolute Gasteiger partial charge is 0.256 e. The highest BCUT2D eigenvalue weighted by atomic mass is 80.0. The van der Waals surface area contributed by atoms with Crippen LogP contribution in [0.25, 0.3) is 10.9 Å². The predicted octanol–water partition coefficient (Wildman–Crippen LogP) is 4.62. The number of rotatable bonds is 1. The SMILES string of the molecule is BrC(Br)(Br)Cc1cnc2ccccc2c1. The van der Waals surface area contributed by atoms with E-state index in [1.165, 1.54) is 10.9 Å². The third-order valence-electron chi connectivity index (χ3n) is 2.05. The fraction of sp³-hybridized carbons (Fsp3) is 0.182. The first-order valence-corrected chi connectivity index (χ1v) is 6.83. The Kier molecular flexibility index (Phi) is 3.48. The predicted molar refractivity (Wildman–Crippen MR) is 75.0 cm³/mol. The van der Waals surface area contributed by atoms with E-state index in [1.54, 1.807) is 0 Å². The minimum Gasteiger partial charge on any atom is -0.256 e. The van der Waals surface area contributed by atoms with Gasteiger partial charge in [0.05, 0.1) is 5.52 Å². The molecule has 0 N–H and O–H groups in total. The Morgan fingerprint density at radius 3 is 2.60 bits per heavy atom. The zero-order chi connectivity index (χ0) is 10.9. The summed E-state index contributed by atoms with van der Waals surface area (Å²) in [7, 11) is 0. The van der Waals surface area contributed by atoms with Crippen molar-refractivity contribution < 1.29 is 0 Å². The summed E-state index contributed by atoms with van der Waals surface area (Å²) in [4.78, 5) is 4.40. The van der Waals surface area contributed by atoms with E-state index in [0.717, 1.165) is 11.9 Å². The van der Waals surface area contributed by atoms with Crippen LogP contribution in [0.1, 0.15) is 5.56 Å². The van der Waals surface area contributed by atoms with E-state index in [0.29, 0.717) is 0 Å². The molecule has 15 heavy (non-hydrogen) atoms. The number of benzene rings is 1. The van der Waals surface area contributed by atoms with Crippen LogP contribution in [0.4, 0.5) is 0 Å². The smallest absolute Gasteiger partial charge is 0.139 e. The van der Waals surface area contributed by atoms with Crippen LogP contribution in [-0.2, 0) is 6.42 Å². The molecule has 1 nitrogen and oxygen atoms in total. The summed E-state index contributed by atoms with van der Waals surface area (Å²) >= 11 is 10.5. The monoisotopic (exact) mass is 391 g/mol. The van der Waals surface area contributed by atoms with Gasteiger partial charge in [0.25, 0.3) is 0 Å². The first-order chi connectivity index (χ1) is 7.04. The number of para-hydroxylation sites is 1. The summed E-state index contributed by atoms with van der Waals surface area (Å²) in [6.07, 6.45) is 2.73. The molecule has 0 bridgehead atoms. The zero-order valence-corrected chi connectivity index (χ0v) is 12.5. The molecule has 0 saturated heterocycles. The van der Waals surface area contributed by atoms with Crippen molar-refractivity contribution in [2.45, 2.75) is 8.56 Å². The number of halogens is 3. The van der Waals surface area contributed by atoms with Gasteiger partial charge in [-0.15, -0.1) is 0 Å². The van der Waals surface area contributed by atoms with Gasteiger partial charge in [0.15, 0.2) is 0 Å². The number of fused-ring (bicyclic) bond motifs is 1. The summed E-state index contributed by atoms with van der Waals surface area (Å²) < 4.78 is -0.239. The molecule has 0 atom stereocenters. The fourth-order valence-electron chi connectivity index (χ4n) is 1.44. The first kappa shape index (κ1) is 11.6. The van der Waals surface area contributed by atoms with Gasteiger partial charge in [-0.3, -0.25) is 4.98 Å². The van der Waals surface area contributed by atoms with Gasteiger partial charge >= 0.3 is 0 Å². The van der Waals surface area contributed by atoms with Gasteiger partial charge in [-0.2, -0.15) is 0 Å². The van der Waals surface area contributed by atoms with Gasteiger partial charge in [0.2, 0.25) is 0 Å². The van der Waals surface area contributed by atoms with E-state index < -0.39 is 0 Å². The Labute approximate surface area is 114 Å². The van der Waals surface area contributed by atoms with Gasteiger partial charge in [-0.05, 0) is 17.7 Å². The van der Waals surface area contributed by atoms with Gasteiger partial charge in [-0.1, -0.05) is 66.0 Å². The Hall–Kier alpha value is 0.0700. The highest BCUT2D eigenvalue weighted by Crippen LogP contribution is 2.37. The molecule has 0 aliphatic carbocycles. The topological polar surface area (TPSA) is 12.9 Å². The molecule has 0 unspecified atom stereocenters. The molecule has 0 spiro atoms. The molecule has 1 aromatic heterocycles. The van der Waals surface area contributed by atoms with Gasteiger partial charge in [0, 0.05) is 18.0 Å². The Balaban J connectivity index is 2.39. The summed E-state index contributed by atoms with van der Waals surface area (Å²) in [6.45, 7) is 0. The summed E-state index contributed by atoms with van der Waals surface area (Å²) in [5.41, 5.74) is 2.21. The standard InChI is InChI=1S/C11H8Br3N/c12-11(13,14)6-8-5-9-3-1-2-4-10(9)15-7-8/h1-5,7H,6H2. The van der Waals surface area contributed by atoms with Crippen molar-refractivity contribution in [2.24, 2.45) is 0 Å². The summed E-state index contributed by atoms with van der Waals surface area (Å²) in [5, 5.41) is 1.17. The summed E-state index contributed by atoms with van der Waals surface area (Å²) in [5.74, 6) is 0. The van der Waals surface area contributed by atoms with E-state index in [9.17, 15) is 0 Å². The first-order valence-electron chi connectivity index (χ1n) is 4.45. The molecule has 0 aliphatic heterocycles. The maximum Gasteiger partial charge on any atom is 0.139 e. The van der Waals surface area contributed by atoms with Crippen LogP contribution in [0.5, 0.6) is 0 Å². The molecular formula is C11H8Br3N. The second-order valence-corrected chi connectivity index (χ2v) is 10.6. The Morgan fingerprint density at radius 2 is 1.87 bits per heavy atom.